The Labute approximate surface area is 109 Å². The predicted octanol–water partition coefficient (Wildman–Crippen LogP) is 3.02. The molecule has 1 fully saturated rings. The second-order valence-electron chi connectivity index (χ2n) is 5.59. The average molecular weight is 268 g/mol. The Balaban J connectivity index is 2.22. The van der Waals surface area contributed by atoms with Crippen molar-refractivity contribution in [2.45, 2.75) is 36.2 Å². The second kappa shape index (κ2) is 4.32. The molecule has 2 atom stereocenters. The highest BCUT2D eigenvalue weighted by atomic mass is 32.2. The first-order valence-corrected chi connectivity index (χ1v) is 10.5. The molecule has 1 aliphatic heterocycles. The summed E-state index contributed by atoms with van der Waals surface area (Å²) in [7, 11) is -1.43. The van der Waals surface area contributed by atoms with Gasteiger partial charge in [-0.25, -0.2) is 0 Å². The number of carbonyl (C=O) groups excluding carboxylic acids is 1. The Hall–Kier alpha value is -0.483. The van der Waals surface area contributed by atoms with Gasteiger partial charge in [-0.1, -0.05) is 43.9 Å². The molecule has 1 aliphatic carbocycles. The van der Waals surface area contributed by atoms with Gasteiger partial charge in [0.15, 0.2) is 0 Å². The van der Waals surface area contributed by atoms with E-state index in [4.69, 9.17) is 4.74 Å². The molecule has 1 heterocycles. The van der Waals surface area contributed by atoms with Gasteiger partial charge in [-0.2, -0.15) is 0 Å². The molecule has 2 rings (SSSR count). The van der Waals surface area contributed by atoms with E-state index in [1.807, 2.05) is 18.7 Å². The number of carbonyl (C=O) groups is 1. The second-order valence-corrected chi connectivity index (χ2v) is 12.7. The summed E-state index contributed by atoms with van der Waals surface area (Å²) < 4.78 is 5.30. The van der Waals surface area contributed by atoms with E-state index in [1.165, 1.54) is 0 Å². The maximum Gasteiger partial charge on any atom is 0.320 e. The number of hydrogen-bond acceptors (Lipinski definition) is 3. The lowest BCUT2D eigenvalue weighted by atomic mass is 10.0. The quantitative estimate of drug-likeness (QED) is 0.445. The molecule has 0 aromatic heterocycles. The highest BCUT2D eigenvalue weighted by Gasteiger charge is 2.69. The molecule has 0 aromatic carbocycles. The van der Waals surface area contributed by atoms with E-state index in [-0.39, 0.29) is 15.6 Å². The van der Waals surface area contributed by atoms with E-state index in [2.05, 4.69) is 43.9 Å². The molecule has 0 bridgehead atoms. The molecular formula is C13H20O2SSi. The predicted molar refractivity (Wildman–Crippen MR) is 75.9 cm³/mol. The van der Waals surface area contributed by atoms with Crippen molar-refractivity contribution < 1.29 is 9.53 Å². The van der Waals surface area contributed by atoms with Gasteiger partial charge in [-0.15, -0.1) is 11.8 Å². The summed E-state index contributed by atoms with van der Waals surface area (Å²) in [5.74, 6) is 0.391. The third kappa shape index (κ3) is 2.01. The summed E-state index contributed by atoms with van der Waals surface area (Å²) in [6.45, 7) is 9.39. The molecule has 4 heteroatoms. The van der Waals surface area contributed by atoms with Crippen molar-refractivity contribution in [3.05, 3.63) is 24.3 Å². The first-order chi connectivity index (χ1) is 7.93. The Bertz CT molecular complexity index is 371. The fraction of sp³-hybridized carbons (Fsp3) is 0.615. The summed E-state index contributed by atoms with van der Waals surface area (Å²) in [6.07, 6.45) is 8.64. The highest BCUT2D eigenvalue weighted by Crippen LogP contribution is 2.64. The third-order valence-corrected chi connectivity index (χ3v) is 10.4. The molecule has 94 valence electrons. The van der Waals surface area contributed by atoms with Crippen LogP contribution in [0.4, 0.5) is 0 Å². The summed E-state index contributed by atoms with van der Waals surface area (Å²) in [4.78, 5) is 12.0. The average Bonchev–Trinajstić information content (AvgIpc) is 2.79. The molecule has 0 spiro atoms. The van der Waals surface area contributed by atoms with Gasteiger partial charge < -0.3 is 4.74 Å². The van der Waals surface area contributed by atoms with Gasteiger partial charge in [-0.05, 0) is 6.92 Å². The van der Waals surface area contributed by atoms with Gasteiger partial charge >= 0.3 is 5.97 Å². The first kappa shape index (κ1) is 13.0. The molecule has 17 heavy (non-hydrogen) atoms. The van der Waals surface area contributed by atoms with Crippen molar-refractivity contribution in [3.63, 3.8) is 0 Å². The molecule has 2 aliphatic rings. The van der Waals surface area contributed by atoms with E-state index in [0.29, 0.717) is 12.5 Å². The molecular weight excluding hydrogens is 248 g/mol. The molecule has 0 N–H and O–H groups in total. The van der Waals surface area contributed by atoms with Crippen LogP contribution in [0, 0.1) is 5.92 Å². The zero-order valence-electron chi connectivity index (χ0n) is 10.9. The van der Waals surface area contributed by atoms with Crippen LogP contribution in [-0.2, 0) is 9.53 Å². The van der Waals surface area contributed by atoms with Crippen LogP contribution >= 0.6 is 11.8 Å². The van der Waals surface area contributed by atoms with Crippen molar-refractivity contribution in [1.82, 2.24) is 0 Å². The Morgan fingerprint density at radius 2 is 1.94 bits per heavy atom. The molecule has 0 saturated carbocycles. The van der Waals surface area contributed by atoms with Gasteiger partial charge in [0.2, 0.25) is 0 Å². The van der Waals surface area contributed by atoms with E-state index < -0.39 is 8.07 Å². The highest BCUT2D eigenvalue weighted by molar-refractivity contribution is 8.11. The van der Waals surface area contributed by atoms with Gasteiger partial charge in [0, 0.05) is 10.3 Å². The minimum absolute atomic E-state index is 0.0198. The zero-order chi connectivity index (χ0) is 12.7. The van der Waals surface area contributed by atoms with Gasteiger partial charge in [0.05, 0.1) is 14.7 Å². The van der Waals surface area contributed by atoms with Crippen LogP contribution in [0.15, 0.2) is 24.3 Å². The largest absolute Gasteiger partial charge is 0.465 e. The molecule has 0 amide bonds. The van der Waals surface area contributed by atoms with Gasteiger partial charge in [-0.3, -0.25) is 4.79 Å². The molecule has 1 saturated heterocycles. The molecule has 2 nitrogen and oxygen atoms in total. The lowest BCUT2D eigenvalue weighted by molar-refractivity contribution is -0.141. The monoisotopic (exact) mass is 268 g/mol. The SMILES string of the molecule is CCOC(=O)C1SC1(C1C=CC=C1)[Si](C)(C)C. The molecule has 0 radical (unpaired) electrons. The van der Waals surface area contributed by atoms with Crippen molar-refractivity contribution in [2.24, 2.45) is 5.92 Å². The number of ether oxygens (including phenoxy) is 1. The number of allylic oxidation sites excluding steroid dienone is 4. The fourth-order valence-corrected chi connectivity index (χ4v) is 8.62. The van der Waals surface area contributed by atoms with Crippen LogP contribution in [0.5, 0.6) is 0 Å². The topological polar surface area (TPSA) is 26.3 Å². The van der Waals surface area contributed by atoms with Crippen LogP contribution in [0.25, 0.3) is 0 Å². The maximum atomic E-state index is 12.0. The molecule has 2 unspecified atom stereocenters. The van der Waals surface area contributed by atoms with Gasteiger partial charge in [0.25, 0.3) is 0 Å². The van der Waals surface area contributed by atoms with E-state index in [9.17, 15) is 4.79 Å². The maximum absolute atomic E-state index is 12.0. The van der Waals surface area contributed by atoms with Crippen molar-refractivity contribution >= 4 is 25.8 Å². The summed E-state index contributed by atoms with van der Waals surface area (Å²) in [6, 6.07) is 0. The Kier molecular flexibility index (Phi) is 3.29. The molecule has 0 aromatic rings. The van der Waals surface area contributed by atoms with Crippen molar-refractivity contribution in [2.75, 3.05) is 6.61 Å². The Morgan fingerprint density at radius 1 is 1.35 bits per heavy atom. The van der Waals surface area contributed by atoms with E-state index in [0.717, 1.165) is 0 Å². The smallest absolute Gasteiger partial charge is 0.320 e. The number of rotatable bonds is 4. The summed E-state index contributed by atoms with van der Waals surface area (Å²) in [5, 5.41) is 0.0477. The minimum atomic E-state index is -1.43. The van der Waals surface area contributed by atoms with Crippen LogP contribution in [0.3, 0.4) is 0 Å². The minimum Gasteiger partial charge on any atom is -0.465 e. The van der Waals surface area contributed by atoms with Crippen molar-refractivity contribution in [1.29, 1.82) is 0 Å². The lowest BCUT2D eigenvalue weighted by Gasteiger charge is -2.32. The first-order valence-electron chi connectivity index (χ1n) is 6.13. The fourth-order valence-electron chi connectivity index (χ4n) is 2.64. The van der Waals surface area contributed by atoms with Gasteiger partial charge in [0.1, 0.15) is 5.25 Å². The number of esters is 1. The lowest BCUT2D eigenvalue weighted by Crippen LogP contribution is -2.48. The van der Waals surface area contributed by atoms with E-state index >= 15 is 0 Å². The summed E-state index contributed by atoms with van der Waals surface area (Å²) >= 11 is 1.82. The van der Waals surface area contributed by atoms with Crippen LogP contribution in [0.2, 0.25) is 19.6 Å². The zero-order valence-corrected chi connectivity index (χ0v) is 12.7. The summed E-state index contributed by atoms with van der Waals surface area (Å²) in [5.41, 5.74) is 0. The van der Waals surface area contributed by atoms with E-state index in [1.54, 1.807) is 0 Å². The van der Waals surface area contributed by atoms with Crippen molar-refractivity contribution in [3.8, 4) is 0 Å². The number of hydrogen-bond donors (Lipinski definition) is 0. The van der Waals surface area contributed by atoms with Crippen LogP contribution < -0.4 is 0 Å². The van der Waals surface area contributed by atoms with Crippen LogP contribution in [0.1, 0.15) is 6.92 Å². The Morgan fingerprint density at radius 3 is 2.41 bits per heavy atom. The van der Waals surface area contributed by atoms with Crippen LogP contribution in [-0.4, -0.2) is 30.3 Å². The third-order valence-electron chi connectivity index (χ3n) is 3.56. The number of thioether (sulfide) groups is 1. The normalized spacial score (nSPS) is 31.9. The standard InChI is InChI=1S/C13H20O2SSi/c1-5-15-12(14)11-13(16-11,17(2,3)4)10-8-6-7-9-10/h6-11H,5H2,1-4H3.